The number of aryl methyl sites for hydroxylation is 2. The van der Waals surface area contributed by atoms with Crippen LogP contribution in [0.1, 0.15) is 12.5 Å². The second-order valence-corrected chi connectivity index (χ2v) is 18.8. The van der Waals surface area contributed by atoms with Crippen LogP contribution in [-0.2, 0) is 73.3 Å². The third kappa shape index (κ3) is 9.43. The molecule has 2 aliphatic heterocycles. The molecule has 4 aromatic rings. The summed E-state index contributed by atoms with van der Waals surface area (Å²) in [4.78, 5) is 56.1. The Bertz CT molecular complexity index is 2440. The van der Waals surface area contributed by atoms with Gasteiger partial charge in [-0.25, -0.2) is 27.4 Å². The zero-order valence-electron chi connectivity index (χ0n) is 30.6. The molecule has 35 heteroatoms. The molecule has 2 saturated heterocycles. The quantitative estimate of drug-likeness (QED) is 0.0399. The van der Waals surface area contributed by atoms with Crippen LogP contribution in [0.5, 0.6) is 11.8 Å². The van der Waals surface area contributed by atoms with Crippen molar-refractivity contribution < 1.29 is 108 Å². The molecule has 4 aromatic heterocycles. The summed E-state index contributed by atoms with van der Waals surface area (Å²) in [5.74, 6) is -1.79. The Kier molecular flexibility index (Phi) is 12.6. The molecule has 59 heavy (non-hydrogen) atoms. The van der Waals surface area contributed by atoms with E-state index in [0.717, 1.165) is 18.8 Å². The fourth-order valence-electron chi connectivity index (χ4n) is 6.30. The zero-order valence-corrected chi connectivity index (χ0v) is 34.2. The summed E-state index contributed by atoms with van der Waals surface area (Å²) < 4.78 is 99.6. The monoisotopic (exact) mass is 926 g/mol. The van der Waals surface area contributed by atoms with Gasteiger partial charge in [0.2, 0.25) is 37.0 Å². The van der Waals surface area contributed by atoms with Gasteiger partial charge < -0.3 is 65.7 Å². The van der Waals surface area contributed by atoms with Crippen LogP contribution in [0.15, 0.2) is 12.7 Å². The summed E-state index contributed by atoms with van der Waals surface area (Å²) in [7, 11) is -17.7. The number of nitrogens with two attached hydrogens (primary N) is 2. The highest BCUT2D eigenvalue weighted by molar-refractivity contribution is 7.66. The zero-order chi connectivity index (χ0) is 43.6. The maximum Gasteiger partial charge on any atom is 0.490 e. The van der Waals surface area contributed by atoms with Crippen molar-refractivity contribution in [3.05, 3.63) is 12.7 Å². The highest BCUT2D eigenvalue weighted by Gasteiger charge is 2.54. The first-order valence-corrected chi connectivity index (χ1v) is 22.3. The maximum absolute atomic E-state index is 12.8. The average Bonchev–Trinajstić information content (AvgIpc) is 3.81. The van der Waals surface area contributed by atoms with E-state index in [1.807, 2.05) is 0 Å². The lowest BCUT2D eigenvalue weighted by Gasteiger charge is -2.23. The van der Waals surface area contributed by atoms with Gasteiger partial charge in [-0.05, 0) is 0 Å². The van der Waals surface area contributed by atoms with Crippen LogP contribution < -0.4 is 20.6 Å². The molecule has 31 nitrogen and oxygen atoms in total. The average molecular weight is 927 g/mol. The fourth-order valence-corrected chi connectivity index (χ4v) is 10.5. The number of aliphatic hydroxyl groups excluding tert-OH is 2. The molecule has 12 atom stereocenters. The molecule has 0 spiro atoms. The van der Waals surface area contributed by atoms with Gasteiger partial charge in [0.15, 0.2) is 0 Å². The highest BCUT2D eigenvalue weighted by Crippen LogP contribution is 2.68. The van der Waals surface area contributed by atoms with Crippen molar-refractivity contribution in [2.24, 2.45) is 14.1 Å². The first-order chi connectivity index (χ1) is 27.4. The summed E-state index contributed by atoms with van der Waals surface area (Å²) in [6.07, 6.45) is -10.2. The number of hydrogen-bond donors (Lipinski definition) is 10. The normalized spacial score (nSPS) is 29.1. The molecule has 7 unspecified atom stereocenters. The summed E-state index contributed by atoms with van der Waals surface area (Å²) in [6.45, 7) is -2.20. The van der Waals surface area contributed by atoms with Gasteiger partial charge in [0, 0.05) is 14.2 Å². The van der Waals surface area contributed by atoms with E-state index in [4.69, 9.17) is 39.2 Å². The summed E-state index contributed by atoms with van der Waals surface area (Å²) in [6, 6.07) is 0. The lowest BCUT2D eigenvalue weighted by molar-refractivity contribution is -0.646. The SMILES string of the molecule is COC1C(O)[C@H](n2c[n+](C)c3c(O)nc(N)nc32)O[C@@H]1COP(=O)(O)OP(=O)(O)OP(=O)(O)OC[C@H]1O[C@@H](n2c[n+](C)c3c(O)nc(N)nc32)[C@@H](O)C1OP(=O)(O)OC. The topological polar surface area (TPSA) is 434 Å². The number of phosphoric acid groups is 4. The molecular weight excluding hydrogens is 888 g/mol. The molecule has 0 aromatic carbocycles. The Morgan fingerprint density at radius 3 is 1.51 bits per heavy atom. The molecule has 0 radical (unpaired) electrons. The van der Waals surface area contributed by atoms with Gasteiger partial charge in [-0.15, -0.1) is 0 Å². The Morgan fingerprint density at radius 1 is 0.695 bits per heavy atom. The molecule has 0 aliphatic carbocycles. The van der Waals surface area contributed by atoms with E-state index < -0.39 is 111 Å². The van der Waals surface area contributed by atoms with E-state index in [1.165, 1.54) is 40.5 Å². The Morgan fingerprint density at radius 2 is 1.10 bits per heavy atom. The number of anilines is 2. The minimum atomic E-state index is -6.08. The van der Waals surface area contributed by atoms with Gasteiger partial charge in [0.05, 0.1) is 27.3 Å². The molecule has 0 bridgehead atoms. The van der Waals surface area contributed by atoms with Crippen molar-refractivity contribution in [1.82, 2.24) is 29.1 Å². The van der Waals surface area contributed by atoms with E-state index in [0.29, 0.717) is 0 Å². The van der Waals surface area contributed by atoms with E-state index in [9.17, 15) is 58.3 Å². The first kappa shape index (κ1) is 45.2. The number of aromatic hydroxyl groups is 2. The number of phosphoric ester groups is 3. The number of methoxy groups -OCH3 is 1. The van der Waals surface area contributed by atoms with Crippen LogP contribution in [-0.4, -0.2) is 133 Å². The predicted octanol–water partition coefficient (Wildman–Crippen LogP) is -2.87. The molecule has 0 amide bonds. The number of aliphatic hydroxyl groups is 2. The number of rotatable bonds is 16. The van der Waals surface area contributed by atoms with Gasteiger partial charge in [-0.3, -0.25) is 18.1 Å². The maximum atomic E-state index is 12.8. The lowest BCUT2D eigenvalue weighted by Crippen LogP contribution is -2.36. The summed E-state index contributed by atoms with van der Waals surface area (Å²) in [5.41, 5.74) is 11.3. The van der Waals surface area contributed by atoms with E-state index in [-0.39, 0.29) is 28.3 Å². The van der Waals surface area contributed by atoms with Gasteiger partial charge in [0.1, 0.15) is 36.6 Å². The van der Waals surface area contributed by atoms with Gasteiger partial charge >= 0.3 is 31.3 Å². The molecule has 12 N–H and O–H groups in total. The minimum Gasteiger partial charge on any atom is -0.490 e. The van der Waals surface area contributed by atoms with Crippen LogP contribution in [0.3, 0.4) is 0 Å². The Labute approximate surface area is 329 Å². The standard InChI is InChI=1S/C24H36N10O21P4/c1-31-7-33(17-11(31)19(37)29-23(25)27-17)21-13(35)15(47-3)9(51-21)5-49-57(41,42)54-59(45,46)55-58(43,44)50-6-10-16(53-56(39,40)48-4)14(36)22(52-10)34-8-32(2)12-18(34)28-24(26)30-20(12)38/h7-10,13-16,21-22,35-36H,5-6H2,1-4H3,(H8-2,25,26,27,28,29,30,37,38,39,40,41,42,43,44,45,46)/p+2/t9-,10-,13?,14+,15?,16?,21-,22-/m1/s1. The van der Waals surface area contributed by atoms with Gasteiger partial charge in [-0.2, -0.15) is 37.7 Å². The largest absolute Gasteiger partial charge is 0.490 e. The third-order valence-corrected chi connectivity index (χ3v) is 13.9. The van der Waals surface area contributed by atoms with Crippen molar-refractivity contribution in [3.63, 3.8) is 0 Å². The summed E-state index contributed by atoms with van der Waals surface area (Å²) >= 11 is 0. The predicted molar refractivity (Wildman–Crippen MR) is 185 cm³/mol. The molecule has 0 saturated carbocycles. The number of imidazole rings is 2. The molecule has 2 fully saturated rings. The second-order valence-electron chi connectivity index (χ2n) is 12.6. The van der Waals surface area contributed by atoms with E-state index in [2.05, 4.69) is 33.1 Å². The molecule has 6 rings (SSSR count). The van der Waals surface area contributed by atoms with Crippen LogP contribution in [0, 0.1) is 0 Å². The second kappa shape index (κ2) is 16.5. The van der Waals surface area contributed by atoms with Crippen molar-refractivity contribution in [3.8, 4) is 11.8 Å². The van der Waals surface area contributed by atoms with E-state index >= 15 is 0 Å². The molecule has 2 aliphatic rings. The minimum absolute atomic E-state index is 0.00614. The van der Waals surface area contributed by atoms with Gasteiger partial charge in [0.25, 0.3) is 34.1 Å². The lowest BCUT2D eigenvalue weighted by atomic mass is 10.1. The number of aromatic nitrogens is 8. The highest BCUT2D eigenvalue weighted by atomic mass is 31.3. The van der Waals surface area contributed by atoms with Crippen molar-refractivity contribution in [2.45, 2.75) is 49.1 Å². The summed E-state index contributed by atoms with van der Waals surface area (Å²) in [5, 5.41) is 42.7. The molecule has 6 heterocycles. The van der Waals surface area contributed by atoms with Crippen molar-refractivity contribution in [1.29, 1.82) is 0 Å². The van der Waals surface area contributed by atoms with Crippen LogP contribution in [0.25, 0.3) is 22.3 Å². The smallest absolute Gasteiger partial charge is 0.490 e. The van der Waals surface area contributed by atoms with Crippen LogP contribution in [0.4, 0.5) is 11.9 Å². The molecular formula is C24H38N10O21P4+2. The Balaban J connectivity index is 1.11. The third-order valence-electron chi connectivity index (χ3n) is 8.66. The fraction of sp³-hybridized carbons (Fsp3) is 0.583. The number of ether oxygens (including phenoxy) is 3. The number of hydrogen-bond acceptors (Lipinski definition) is 23. The number of nitrogen functional groups attached to an aromatic ring is 2. The van der Waals surface area contributed by atoms with Crippen molar-refractivity contribution >= 4 is 65.5 Å². The Hall–Kier alpha value is -3.38. The number of nitrogens with zero attached hydrogens (tertiary/aromatic N) is 8. The first-order valence-electron chi connectivity index (χ1n) is 16.3. The van der Waals surface area contributed by atoms with E-state index in [1.54, 1.807) is 0 Å². The van der Waals surface area contributed by atoms with Crippen LogP contribution >= 0.6 is 31.3 Å². The number of fused-ring (bicyclic) bond motifs is 2. The van der Waals surface area contributed by atoms with Crippen molar-refractivity contribution in [2.75, 3.05) is 38.9 Å². The molecule has 328 valence electrons. The van der Waals surface area contributed by atoms with Crippen LogP contribution in [0.2, 0.25) is 0 Å². The van der Waals surface area contributed by atoms with Gasteiger partial charge in [-0.1, -0.05) is 0 Å².